The molecule has 1 atom stereocenters. The molecular formula is C15H26O2. The number of rotatable bonds is 4. The van der Waals surface area contributed by atoms with Gasteiger partial charge in [-0.25, -0.2) is 0 Å². The van der Waals surface area contributed by atoms with Crippen molar-refractivity contribution in [3.63, 3.8) is 0 Å². The highest BCUT2D eigenvalue weighted by Gasteiger charge is 2.27. The van der Waals surface area contributed by atoms with Crippen LogP contribution in [-0.4, -0.2) is 17.0 Å². The Morgan fingerprint density at radius 1 is 0.941 bits per heavy atom. The predicted molar refractivity (Wildman–Crippen MR) is 68.8 cm³/mol. The minimum absolute atomic E-state index is 0.266. The quantitative estimate of drug-likeness (QED) is 0.814. The molecule has 2 heteroatoms. The maximum Gasteiger partial charge on any atom is 0.138 e. The summed E-state index contributed by atoms with van der Waals surface area (Å²) in [7, 11) is 0. The summed E-state index contributed by atoms with van der Waals surface area (Å²) in [6.07, 6.45) is 11.9. The van der Waals surface area contributed by atoms with Crippen molar-refractivity contribution in [1.82, 2.24) is 0 Å². The van der Waals surface area contributed by atoms with Gasteiger partial charge in [-0.3, -0.25) is 4.79 Å². The van der Waals surface area contributed by atoms with Crippen LogP contribution in [0.25, 0.3) is 0 Å². The van der Waals surface area contributed by atoms with Crippen molar-refractivity contribution in [2.45, 2.75) is 76.7 Å². The van der Waals surface area contributed by atoms with Crippen LogP contribution < -0.4 is 0 Å². The topological polar surface area (TPSA) is 37.3 Å². The fraction of sp³-hybridized carbons (Fsp3) is 0.933. The molecule has 17 heavy (non-hydrogen) atoms. The van der Waals surface area contributed by atoms with Crippen molar-refractivity contribution in [3.8, 4) is 0 Å². The van der Waals surface area contributed by atoms with E-state index in [9.17, 15) is 9.90 Å². The zero-order chi connectivity index (χ0) is 12.1. The number of ketones is 1. The number of Topliss-reactive ketones (excluding diaryl/α,β-unsaturated/α-hetero) is 1. The molecule has 0 radical (unpaired) electrons. The number of aliphatic hydroxyl groups excluding tert-OH is 1. The molecule has 0 aromatic heterocycles. The van der Waals surface area contributed by atoms with Gasteiger partial charge in [0, 0.05) is 12.3 Å². The fourth-order valence-electron chi connectivity index (χ4n) is 3.48. The molecule has 0 amide bonds. The summed E-state index contributed by atoms with van der Waals surface area (Å²) in [6.45, 7) is 0. The minimum atomic E-state index is -0.357. The van der Waals surface area contributed by atoms with E-state index in [1.54, 1.807) is 0 Å². The first-order valence-corrected chi connectivity index (χ1v) is 7.48. The maximum absolute atomic E-state index is 12.1. The van der Waals surface area contributed by atoms with Crippen LogP contribution in [0.3, 0.4) is 0 Å². The molecule has 98 valence electrons. The van der Waals surface area contributed by atoms with Crippen LogP contribution in [0, 0.1) is 11.8 Å². The first-order valence-electron chi connectivity index (χ1n) is 7.48. The van der Waals surface area contributed by atoms with Crippen molar-refractivity contribution >= 4 is 5.78 Å². The molecule has 0 aromatic carbocycles. The zero-order valence-electron chi connectivity index (χ0n) is 10.9. The summed E-state index contributed by atoms with van der Waals surface area (Å²) in [4.78, 5) is 12.1. The summed E-state index contributed by atoms with van der Waals surface area (Å²) in [5, 5.41) is 10.2. The first-order chi connectivity index (χ1) is 8.27. The van der Waals surface area contributed by atoms with Crippen LogP contribution in [0.15, 0.2) is 0 Å². The van der Waals surface area contributed by atoms with Gasteiger partial charge in [0.25, 0.3) is 0 Å². The summed E-state index contributed by atoms with van der Waals surface area (Å²) in [5.41, 5.74) is 0. The Bertz CT molecular complexity index is 237. The van der Waals surface area contributed by atoms with E-state index in [1.807, 2.05) is 0 Å². The molecule has 2 aliphatic rings. The highest BCUT2D eigenvalue weighted by Crippen LogP contribution is 2.30. The highest BCUT2D eigenvalue weighted by molar-refractivity contribution is 5.81. The number of carbonyl (C=O) groups is 1. The molecule has 1 N–H and O–H groups in total. The summed E-state index contributed by atoms with van der Waals surface area (Å²) >= 11 is 0. The minimum Gasteiger partial charge on any atom is -0.392 e. The first kappa shape index (κ1) is 13.1. The van der Waals surface area contributed by atoms with Crippen LogP contribution in [0.5, 0.6) is 0 Å². The van der Waals surface area contributed by atoms with Gasteiger partial charge >= 0.3 is 0 Å². The van der Waals surface area contributed by atoms with Crippen molar-refractivity contribution in [2.24, 2.45) is 11.8 Å². The second-order valence-electron chi connectivity index (χ2n) is 5.97. The van der Waals surface area contributed by atoms with E-state index in [0.717, 1.165) is 25.7 Å². The Labute approximate surface area is 105 Å². The molecule has 2 rings (SSSR count). The van der Waals surface area contributed by atoms with E-state index in [4.69, 9.17) is 0 Å². The zero-order valence-corrected chi connectivity index (χ0v) is 10.9. The normalized spacial score (nSPS) is 25.7. The van der Waals surface area contributed by atoms with E-state index in [-0.39, 0.29) is 12.0 Å². The molecule has 2 nitrogen and oxygen atoms in total. The van der Waals surface area contributed by atoms with E-state index >= 15 is 0 Å². The summed E-state index contributed by atoms with van der Waals surface area (Å²) < 4.78 is 0. The molecule has 0 bridgehead atoms. The van der Waals surface area contributed by atoms with Crippen LogP contribution >= 0.6 is 0 Å². The van der Waals surface area contributed by atoms with Gasteiger partial charge in [0.1, 0.15) is 5.78 Å². The molecule has 0 heterocycles. The highest BCUT2D eigenvalue weighted by atomic mass is 16.3. The van der Waals surface area contributed by atoms with Gasteiger partial charge in [0.2, 0.25) is 0 Å². The molecule has 1 unspecified atom stereocenters. The lowest BCUT2D eigenvalue weighted by molar-refractivity contribution is -0.126. The van der Waals surface area contributed by atoms with Crippen molar-refractivity contribution in [1.29, 1.82) is 0 Å². The van der Waals surface area contributed by atoms with E-state index in [1.165, 1.54) is 38.5 Å². The lowest BCUT2D eigenvalue weighted by atomic mass is 9.80. The molecule has 0 spiro atoms. The molecular weight excluding hydrogens is 212 g/mol. The Balaban J connectivity index is 1.76. The predicted octanol–water partition coefficient (Wildman–Crippen LogP) is 3.47. The fourth-order valence-corrected chi connectivity index (χ4v) is 3.48. The van der Waals surface area contributed by atoms with Crippen molar-refractivity contribution in [3.05, 3.63) is 0 Å². The number of hydrogen-bond donors (Lipinski definition) is 1. The Morgan fingerprint density at radius 2 is 1.47 bits per heavy atom. The molecule has 2 aliphatic carbocycles. The van der Waals surface area contributed by atoms with E-state index in [2.05, 4.69) is 0 Å². The molecule has 0 saturated heterocycles. The third-order valence-electron chi connectivity index (χ3n) is 4.66. The number of hydrogen-bond acceptors (Lipinski definition) is 2. The van der Waals surface area contributed by atoms with E-state index in [0.29, 0.717) is 18.1 Å². The van der Waals surface area contributed by atoms with Gasteiger partial charge in [-0.2, -0.15) is 0 Å². The second kappa shape index (κ2) is 6.53. The van der Waals surface area contributed by atoms with Crippen molar-refractivity contribution < 1.29 is 9.90 Å². The number of carbonyl (C=O) groups excluding carboxylic acids is 1. The summed E-state index contributed by atoms with van der Waals surface area (Å²) in [6, 6.07) is 0. The standard InChI is InChI=1S/C15H26O2/c16-14(12-7-3-1-4-8-12)11-15(17)13-9-5-2-6-10-13/h12-14,16H,1-11H2. The lowest BCUT2D eigenvalue weighted by Gasteiger charge is -2.28. The molecule has 2 saturated carbocycles. The average Bonchev–Trinajstić information content (AvgIpc) is 2.40. The van der Waals surface area contributed by atoms with Crippen LogP contribution in [0.1, 0.15) is 70.6 Å². The van der Waals surface area contributed by atoms with Gasteiger partial charge in [0.05, 0.1) is 6.10 Å². The largest absolute Gasteiger partial charge is 0.392 e. The van der Waals surface area contributed by atoms with Gasteiger partial charge in [-0.1, -0.05) is 38.5 Å². The molecule has 0 aromatic rings. The Morgan fingerprint density at radius 3 is 2.06 bits per heavy atom. The Kier molecular flexibility index (Phi) is 5.02. The van der Waals surface area contributed by atoms with Crippen LogP contribution in [-0.2, 0) is 4.79 Å². The van der Waals surface area contributed by atoms with E-state index < -0.39 is 0 Å². The van der Waals surface area contributed by atoms with Crippen LogP contribution in [0.2, 0.25) is 0 Å². The smallest absolute Gasteiger partial charge is 0.138 e. The monoisotopic (exact) mass is 238 g/mol. The Hall–Kier alpha value is -0.370. The van der Waals surface area contributed by atoms with Gasteiger partial charge < -0.3 is 5.11 Å². The van der Waals surface area contributed by atoms with Gasteiger partial charge in [0.15, 0.2) is 0 Å². The third kappa shape index (κ3) is 3.80. The van der Waals surface area contributed by atoms with Gasteiger partial charge in [-0.05, 0) is 31.6 Å². The maximum atomic E-state index is 12.1. The summed E-state index contributed by atoms with van der Waals surface area (Å²) in [5.74, 6) is 1.00. The lowest BCUT2D eigenvalue weighted by Crippen LogP contribution is -2.29. The average molecular weight is 238 g/mol. The third-order valence-corrected chi connectivity index (χ3v) is 4.66. The SMILES string of the molecule is O=C(CC(O)C1CCCCC1)C1CCCCC1. The molecule has 0 aliphatic heterocycles. The molecule has 2 fully saturated rings. The van der Waals surface area contributed by atoms with Crippen molar-refractivity contribution in [2.75, 3.05) is 0 Å². The number of aliphatic hydroxyl groups is 1. The van der Waals surface area contributed by atoms with Crippen LogP contribution in [0.4, 0.5) is 0 Å². The second-order valence-corrected chi connectivity index (χ2v) is 5.97. The van der Waals surface area contributed by atoms with Gasteiger partial charge in [-0.15, -0.1) is 0 Å².